The monoisotopic (exact) mass is 302 g/mol. The Bertz CT molecular complexity index is 351. The van der Waals surface area contributed by atoms with Gasteiger partial charge in [0.25, 0.3) is 6.43 Å². The average molecular weight is 302 g/mol. The first-order valence-corrected chi connectivity index (χ1v) is 4.27. The highest BCUT2D eigenvalue weighted by atomic mass is 127. The van der Waals surface area contributed by atoms with Gasteiger partial charge in [0.1, 0.15) is 15.0 Å². The molecule has 13 heavy (non-hydrogen) atoms. The van der Waals surface area contributed by atoms with Gasteiger partial charge in [0, 0.05) is 7.05 Å². The van der Waals surface area contributed by atoms with Gasteiger partial charge >= 0.3 is 5.97 Å². The van der Waals surface area contributed by atoms with Crippen LogP contribution in [0.3, 0.4) is 0 Å². The Morgan fingerprint density at radius 1 is 1.69 bits per heavy atom. The number of halogens is 3. The molecule has 1 N–H and O–H groups in total. The van der Waals surface area contributed by atoms with Crippen molar-refractivity contribution in [3.05, 3.63) is 15.0 Å². The van der Waals surface area contributed by atoms with Crippen molar-refractivity contribution >= 4 is 28.6 Å². The molecule has 1 heterocycles. The predicted molar refractivity (Wildman–Crippen MR) is 47.8 cm³/mol. The lowest BCUT2D eigenvalue weighted by Gasteiger charge is -1.94. The summed E-state index contributed by atoms with van der Waals surface area (Å²) in [7, 11) is 1.42. The minimum atomic E-state index is -2.86. The van der Waals surface area contributed by atoms with Gasteiger partial charge in [0.2, 0.25) is 0 Å². The van der Waals surface area contributed by atoms with Gasteiger partial charge in [-0.25, -0.2) is 13.6 Å². The van der Waals surface area contributed by atoms with E-state index in [1.165, 1.54) is 7.05 Å². The van der Waals surface area contributed by atoms with Crippen LogP contribution in [0.5, 0.6) is 0 Å². The van der Waals surface area contributed by atoms with E-state index in [4.69, 9.17) is 5.11 Å². The van der Waals surface area contributed by atoms with E-state index in [2.05, 4.69) is 5.10 Å². The molecule has 1 rings (SSSR count). The van der Waals surface area contributed by atoms with E-state index < -0.39 is 23.7 Å². The Morgan fingerprint density at radius 2 is 2.23 bits per heavy atom. The lowest BCUT2D eigenvalue weighted by Crippen LogP contribution is -2.02. The molecule has 0 saturated carbocycles. The smallest absolute Gasteiger partial charge is 0.340 e. The van der Waals surface area contributed by atoms with E-state index >= 15 is 0 Å². The minimum Gasteiger partial charge on any atom is -0.478 e. The van der Waals surface area contributed by atoms with Crippen LogP contribution in [0.2, 0.25) is 0 Å². The van der Waals surface area contributed by atoms with Gasteiger partial charge in [-0.15, -0.1) is 0 Å². The van der Waals surface area contributed by atoms with Gasteiger partial charge in [-0.3, -0.25) is 4.68 Å². The van der Waals surface area contributed by atoms with Crippen LogP contribution < -0.4 is 0 Å². The van der Waals surface area contributed by atoms with Crippen molar-refractivity contribution in [2.45, 2.75) is 6.43 Å². The van der Waals surface area contributed by atoms with Crippen LogP contribution >= 0.6 is 22.6 Å². The van der Waals surface area contributed by atoms with Crippen molar-refractivity contribution in [3.8, 4) is 0 Å². The summed E-state index contributed by atoms with van der Waals surface area (Å²) in [4.78, 5) is 10.6. The first-order chi connectivity index (χ1) is 5.95. The molecule has 0 bridgehead atoms. The highest BCUT2D eigenvalue weighted by Gasteiger charge is 2.26. The third kappa shape index (κ3) is 1.79. The van der Waals surface area contributed by atoms with E-state index in [-0.39, 0.29) is 3.70 Å². The summed E-state index contributed by atoms with van der Waals surface area (Å²) in [5.41, 5.74) is -1.10. The average Bonchev–Trinajstić information content (AvgIpc) is 2.28. The second-order valence-electron chi connectivity index (χ2n) is 2.28. The van der Waals surface area contributed by atoms with Gasteiger partial charge in [-0.1, -0.05) is 0 Å². The molecule has 0 aliphatic heterocycles. The number of aromatic nitrogens is 2. The lowest BCUT2D eigenvalue weighted by atomic mass is 10.2. The Morgan fingerprint density at radius 3 is 2.54 bits per heavy atom. The Hall–Kier alpha value is -0.730. The highest BCUT2D eigenvalue weighted by Crippen LogP contribution is 2.25. The van der Waals surface area contributed by atoms with Crippen molar-refractivity contribution < 1.29 is 18.7 Å². The Labute approximate surface area is 85.7 Å². The van der Waals surface area contributed by atoms with Crippen LogP contribution in [0, 0.1) is 3.70 Å². The second-order valence-corrected chi connectivity index (χ2v) is 3.30. The normalized spacial score (nSPS) is 10.8. The molecular formula is C6H5F2IN2O2. The molecule has 0 unspecified atom stereocenters. The number of aryl methyl sites for hydroxylation is 1. The van der Waals surface area contributed by atoms with Crippen LogP contribution in [0.4, 0.5) is 8.78 Å². The molecule has 1 aromatic rings. The standard InChI is InChI=1S/C6H5F2IN2O2/c1-11-5(9)2(6(12)13)3(10-11)4(7)8/h4H,1H3,(H,12,13). The Kier molecular flexibility index (Phi) is 2.84. The molecule has 72 valence electrons. The maximum atomic E-state index is 12.2. The van der Waals surface area contributed by atoms with Gasteiger partial charge in [0.05, 0.1) is 0 Å². The summed E-state index contributed by atoms with van der Waals surface area (Å²) < 4.78 is 25.8. The number of aromatic carboxylic acids is 1. The van der Waals surface area contributed by atoms with Crippen LogP contribution in [0.1, 0.15) is 22.5 Å². The van der Waals surface area contributed by atoms with Crippen LogP contribution in [-0.2, 0) is 7.05 Å². The van der Waals surface area contributed by atoms with Crippen molar-refractivity contribution in [1.82, 2.24) is 9.78 Å². The topological polar surface area (TPSA) is 55.1 Å². The quantitative estimate of drug-likeness (QED) is 0.845. The minimum absolute atomic E-state index is 0.195. The molecule has 0 aliphatic carbocycles. The van der Waals surface area contributed by atoms with Crippen molar-refractivity contribution in [1.29, 1.82) is 0 Å². The number of alkyl halides is 2. The van der Waals surface area contributed by atoms with Gasteiger partial charge in [-0.2, -0.15) is 5.10 Å². The fourth-order valence-electron chi connectivity index (χ4n) is 0.874. The zero-order valence-corrected chi connectivity index (χ0v) is 8.62. The van der Waals surface area contributed by atoms with Gasteiger partial charge in [-0.05, 0) is 22.6 Å². The summed E-state index contributed by atoms with van der Waals surface area (Å²) in [6.45, 7) is 0. The zero-order chi connectivity index (χ0) is 10.2. The molecule has 0 fully saturated rings. The first-order valence-electron chi connectivity index (χ1n) is 3.19. The molecular weight excluding hydrogens is 297 g/mol. The largest absolute Gasteiger partial charge is 0.478 e. The lowest BCUT2D eigenvalue weighted by molar-refractivity contribution is 0.0683. The van der Waals surface area contributed by atoms with Crippen LogP contribution in [-0.4, -0.2) is 20.9 Å². The summed E-state index contributed by atoms with van der Waals surface area (Å²) in [5.74, 6) is -1.38. The van der Waals surface area contributed by atoms with Crippen molar-refractivity contribution in [2.75, 3.05) is 0 Å². The van der Waals surface area contributed by atoms with E-state index in [9.17, 15) is 13.6 Å². The second kappa shape index (κ2) is 3.56. The summed E-state index contributed by atoms with van der Waals surface area (Å²) in [5, 5.41) is 12.0. The summed E-state index contributed by atoms with van der Waals surface area (Å²) in [6.07, 6.45) is -2.86. The number of carboxylic acid groups (broad SMARTS) is 1. The van der Waals surface area contributed by atoms with E-state index in [1.54, 1.807) is 22.6 Å². The fourth-order valence-corrected chi connectivity index (χ4v) is 1.49. The summed E-state index contributed by atoms with van der Waals surface area (Å²) in [6, 6.07) is 0. The SMILES string of the molecule is Cn1nc(C(F)F)c(C(=O)O)c1I. The van der Waals surface area contributed by atoms with Crippen molar-refractivity contribution in [3.63, 3.8) is 0 Å². The molecule has 0 saturated heterocycles. The fraction of sp³-hybridized carbons (Fsp3) is 0.333. The maximum absolute atomic E-state index is 12.2. The van der Waals surface area contributed by atoms with E-state index in [1.807, 2.05) is 0 Å². The van der Waals surface area contributed by atoms with Gasteiger partial charge in [0.15, 0.2) is 0 Å². The number of hydrogen-bond donors (Lipinski definition) is 1. The zero-order valence-electron chi connectivity index (χ0n) is 6.46. The van der Waals surface area contributed by atoms with Crippen LogP contribution in [0.25, 0.3) is 0 Å². The molecule has 0 spiro atoms. The third-order valence-corrected chi connectivity index (χ3v) is 2.66. The molecule has 1 aromatic heterocycles. The predicted octanol–water partition coefficient (Wildman–Crippen LogP) is 1.66. The van der Waals surface area contributed by atoms with Crippen molar-refractivity contribution in [2.24, 2.45) is 7.05 Å². The van der Waals surface area contributed by atoms with E-state index in [0.717, 1.165) is 4.68 Å². The van der Waals surface area contributed by atoms with E-state index in [0.29, 0.717) is 0 Å². The Balaban J connectivity index is 3.35. The first kappa shape index (κ1) is 10.4. The number of hydrogen-bond acceptors (Lipinski definition) is 2. The molecule has 7 heteroatoms. The highest BCUT2D eigenvalue weighted by molar-refractivity contribution is 14.1. The number of nitrogens with zero attached hydrogens (tertiary/aromatic N) is 2. The van der Waals surface area contributed by atoms with Gasteiger partial charge < -0.3 is 5.11 Å². The number of rotatable bonds is 2. The number of carboxylic acids is 1. The molecule has 0 amide bonds. The summed E-state index contributed by atoms with van der Waals surface area (Å²) >= 11 is 1.66. The maximum Gasteiger partial charge on any atom is 0.340 e. The molecule has 0 radical (unpaired) electrons. The molecule has 4 nitrogen and oxygen atoms in total. The van der Waals surface area contributed by atoms with Crippen LogP contribution in [0.15, 0.2) is 0 Å². The molecule has 0 atom stereocenters. The molecule has 0 aliphatic rings. The number of carbonyl (C=O) groups is 1. The molecule has 0 aromatic carbocycles. The third-order valence-electron chi connectivity index (χ3n) is 1.42.